The molecular weight excluding hydrogens is 1490 g/mol. The molecule has 640 valence electrons. The van der Waals surface area contributed by atoms with Crippen molar-refractivity contribution < 1.29 is 93.4 Å². The number of alkyl halides is 6. The molecule has 114 heavy (non-hydrogen) atoms. The van der Waals surface area contributed by atoms with E-state index in [-0.39, 0.29) is 129 Å². The van der Waals surface area contributed by atoms with Gasteiger partial charge in [0.1, 0.15) is 59.9 Å². The van der Waals surface area contributed by atoms with E-state index in [9.17, 15) is 26.3 Å². The van der Waals surface area contributed by atoms with E-state index >= 15 is 57.5 Å². The number of fused-ring (bicyclic) bond motifs is 4. The van der Waals surface area contributed by atoms with Crippen LogP contribution in [0.4, 0.5) is 26.3 Å². The number of hydrogen-bond acceptors (Lipinski definition) is 14. The molecule has 0 aromatic heterocycles. The van der Waals surface area contributed by atoms with Crippen molar-refractivity contribution in [2.24, 2.45) is 35.5 Å². The van der Waals surface area contributed by atoms with Crippen LogP contribution >= 0.6 is 0 Å². The number of ether oxygens (including phenoxy) is 2. The summed E-state index contributed by atoms with van der Waals surface area (Å²) in [6, 6.07) is -11.7. The number of nitrogens with one attached hydrogen (secondary N) is 2. The van der Waals surface area contributed by atoms with Crippen molar-refractivity contribution in [3.63, 3.8) is 0 Å². The molecule has 5 aliphatic carbocycles. The Kier molecular flexibility index (Phi) is 29.8. The Morgan fingerprint density at radius 3 is 1.87 bits per heavy atom. The van der Waals surface area contributed by atoms with Gasteiger partial charge in [0.25, 0.3) is 0 Å². The minimum absolute atomic E-state index is 0.0345. The highest BCUT2D eigenvalue weighted by Crippen LogP contribution is 2.47. The minimum atomic E-state index is -4.56. The average molecular weight is 1620 g/mol. The van der Waals surface area contributed by atoms with Gasteiger partial charge < -0.3 is 69.1 Å². The van der Waals surface area contributed by atoms with Crippen LogP contribution in [0.15, 0.2) is 11.1 Å². The number of rotatable bonds is 14. The fourth-order valence-electron chi connectivity index (χ4n) is 20.1. The van der Waals surface area contributed by atoms with Crippen LogP contribution < -0.4 is 10.6 Å². The monoisotopic (exact) mass is 1620 g/mol. The van der Waals surface area contributed by atoms with Crippen molar-refractivity contribution in [3.05, 3.63) is 11.1 Å². The first-order chi connectivity index (χ1) is 54.0. The van der Waals surface area contributed by atoms with Crippen molar-refractivity contribution in [1.82, 2.24) is 59.6 Å². The Bertz CT molecular complexity index is 3520. The SMILES string of the molecule is CCC[C@H]1C(=O)N[C@@H]([C@@H](C)CC)C(=O)N2CCC[C@H]2C(=O)N(C)[C@H]2CC3=C(CCN(C2=O)[C@@H](CC2CCC(C(F)(F)F)CC2)C(=O)N(C)CC(=O)N[C@@H](CCC2CCC(C(F)(F)F)C(OC)C2)C(=O)N2C[C@H](OCC)C[C@H]2C(=O)N(C)C2(CCC2)C(=O)N(C)[C@@H](C2CCCCC2)C(=O)N(C)[C@H](C(=O)N2CCCC2)CC(=O)N1C)C3. The smallest absolute Gasteiger partial charge is 0.381 e. The Labute approximate surface area is 667 Å². The fourth-order valence-corrected chi connectivity index (χ4v) is 20.1. The molecule has 0 aromatic carbocycles. The predicted molar refractivity (Wildman–Crippen MR) is 408 cm³/mol. The molecule has 2 N–H and O–H groups in total. The quantitative estimate of drug-likeness (QED) is 0.124. The first-order valence-electron chi connectivity index (χ1n) is 42.4. The maximum absolute atomic E-state index is 16.0. The maximum atomic E-state index is 16.0. The number of carbonyl (C=O) groups is 12. The number of likely N-dealkylation sites (N-methyl/N-ethyl adjacent to an activating group) is 6. The Balaban J connectivity index is 1.05. The van der Waals surface area contributed by atoms with Gasteiger partial charge in [0, 0.05) is 95.1 Å². The summed E-state index contributed by atoms with van der Waals surface area (Å²) < 4.78 is 97.7. The molecule has 3 unspecified atom stereocenters. The normalized spacial score (nSPS) is 32.5. The maximum Gasteiger partial charge on any atom is 0.394 e. The summed E-state index contributed by atoms with van der Waals surface area (Å²) in [5.41, 5.74) is 0.336. The molecule has 0 aromatic rings. The topological polar surface area (TPSA) is 280 Å². The molecule has 5 aliphatic heterocycles. The number of hydrogen-bond donors (Lipinski definition) is 2. The molecule has 2 bridgehead atoms. The molecule has 32 heteroatoms. The van der Waals surface area contributed by atoms with Crippen LogP contribution in [-0.4, -0.2) is 300 Å². The number of carbonyl (C=O) groups excluding carboxylic acids is 12. The first-order valence-corrected chi connectivity index (χ1v) is 42.4. The minimum Gasteiger partial charge on any atom is -0.381 e. The highest BCUT2D eigenvalue weighted by molar-refractivity contribution is 6.01. The molecule has 4 saturated carbocycles. The van der Waals surface area contributed by atoms with Gasteiger partial charge >= 0.3 is 12.4 Å². The number of likely N-dealkylation sites (tertiary alicyclic amines) is 1. The third-order valence-electron chi connectivity index (χ3n) is 27.8. The van der Waals surface area contributed by atoms with Crippen molar-refractivity contribution in [2.75, 3.05) is 95.3 Å². The second-order valence-electron chi connectivity index (χ2n) is 34.8. The van der Waals surface area contributed by atoms with Crippen molar-refractivity contribution >= 4 is 70.9 Å². The summed E-state index contributed by atoms with van der Waals surface area (Å²) in [5.74, 6) is -13.2. The zero-order valence-electron chi connectivity index (χ0n) is 68.9. The molecule has 8 fully saturated rings. The van der Waals surface area contributed by atoms with E-state index in [1.807, 2.05) is 13.8 Å². The summed E-state index contributed by atoms with van der Waals surface area (Å²) in [6.07, 6.45) is -4.58. The van der Waals surface area contributed by atoms with Gasteiger partial charge in [-0.2, -0.15) is 26.3 Å². The zero-order valence-corrected chi connectivity index (χ0v) is 68.9. The van der Waals surface area contributed by atoms with Crippen molar-refractivity contribution in [2.45, 2.75) is 305 Å². The van der Waals surface area contributed by atoms with Crippen LogP contribution in [0.2, 0.25) is 0 Å². The molecule has 26 nitrogen and oxygen atoms in total. The van der Waals surface area contributed by atoms with E-state index in [0.29, 0.717) is 77.3 Å². The lowest BCUT2D eigenvalue weighted by atomic mass is 9.73. The average Bonchev–Trinajstić information content (AvgIpc) is 0.996. The summed E-state index contributed by atoms with van der Waals surface area (Å²) in [7, 11) is 9.86. The van der Waals surface area contributed by atoms with Gasteiger partial charge in [-0.3, -0.25) is 57.5 Å². The Hall–Kier alpha value is -7.12. The van der Waals surface area contributed by atoms with Gasteiger partial charge in [-0.1, -0.05) is 64.0 Å². The van der Waals surface area contributed by atoms with Gasteiger partial charge in [0.2, 0.25) is 70.9 Å². The van der Waals surface area contributed by atoms with Crippen LogP contribution in [0.3, 0.4) is 0 Å². The van der Waals surface area contributed by atoms with Crippen molar-refractivity contribution in [1.29, 1.82) is 0 Å². The first kappa shape index (κ1) is 89.2. The fraction of sp³-hybridized carbons (Fsp3) is 0.829. The van der Waals surface area contributed by atoms with Crippen LogP contribution in [0.1, 0.15) is 220 Å². The standard InChI is InChI=1S/C82H126F6N12O14/c1-12-22-59-70(103)90-68(49(4)13-2)77(110)98-39-20-25-60(98)73(106)93(7)61-44-54-43-53(54)34-40-99(76(61)109)63(41-50-26-30-55(31-27-50)81(83,84)85)72(105)91(5)48-66(101)89-58(33-29-51-28-32-57(82(86,87)88)65(42-51)113-11)71(104)100-47-56(114-14-3)45-64(100)74(107)96(10)80(35-21-36-80)79(112)95(9)69(52-23-16-15-17-24-52)78(111)94(8)62(46-67(102)92(59)6)75(108)97-37-18-19-38-97/h49-52,55-65,68-69H,12-48H2,1-11H3,(H,89,101)(H,90,103)/t49-,50?,51?,55?,56+,57?,58-,59-,60-,61-,62-,63-,64-,65?,68-,69-/m0/s1. The zero-order chi connectivity index (χ0) is 83.2. The summed E-state index contributed by atoms with van der Waals surface area (Å²) in [6.45, 7) is 7.18. The van der Waals surface area contributed by atoms with E-state index in [0.717, 1.165) is 35.3 Å². The van der Waals surface area contributed by atoms with E-state index in [2.05, 4.69) is 10.6 Å². The molecule has 10 rings (SSSR count). The van der Waals surface area contributed by atoms with E-state index in [1.165, 1.54) is 88.6 Å². The lowest BCUT2D eigenvalue weighted by molar-refractivity contribution is -0.215. The molecule has 4 saturated heterocycles. The van der Waals surface area contributed by atoms with Crippen molar-refractivity contribution in [3.8, 4) is 0 Å². The number of amides is 12. The largest absolute Gasteiger partial charge is 0.394 e. The Morgan fingerprint density at radius 2 is 1.25 bits per heavy atom. The van der Waals surface area contributed by atoms with Gasteiger partial charge in [0.15, 0.2) is 0 Å². The van der Waals surface area contributed by atoms with Crippen LogP contribution in [0, 0.1) is 35.5 Å². The molecule has 1 spiro atoms. The van der Waals surface area contributed by atoms with E-state index in [1.54, 1.807) is 18.7 Å². The van der Waals surface area contributed by atoms with Crippen LogP contribution in [0.25, 0.3) is 0 Å². The predicted octanol–water partition coefficient (Wildman–Crippen LogP) is 7.78. The highest BCUT2D eigenvalue weighted by atomic mass is 19.4. The van der Waals surface area contributed by atoms with Gasteiger partial charge in [-0.05, 0) is 178 Å². The van der Waals surface area contributed by atoms with E-state index < -0.39 is 204 Å². The highest BCUT2D eigenvalue weighted by Gasteiger charge is 2.58. The lowest BCUT2D eigenvalue weighted by Gasteiger charge is -2.51. The lowest BCUT2D eigenvalue weighted by Crippen LogP contribution is -2.68. The van der Waals surface area contributed by atoms with Crippen LogP contribution in [0.5, 0.6) is 0 Å². The molecular formula is C82H126F6N12O14. The third kappa shape index (κ3) is 19.8. The Morgan fingerprint density at radius 1 is 0.579 bits per heavy atom. The second-order valence-corrected chi connectivity index (χ2v) is 34.8. The molecule has 12 amide bonds. The van der Waals surface area contributed by atoms with Gasteiger partial charge in [0.05, 0.1) is 37.0 Å². The third-order valence-corrected chi connectivity index (χ3v) is 27.8. The summed E-state index contributed by atoms with van der Waals surface area (Å²) in [5, 5.41) is 5.83. The van der Waals surface area contributed by atoms with Crippen LogP contribution in [-0.2, 0) is 67.0 Å². The molecule has 14 atom stereocenters. The summed E-state index contributed by atoms with van der Waals surface area (Å²) in [4.78, 5) is 200. The molecule has 10 aliphatic rings. The summed E-state index contributed by atoms with van der Waals surface area (Å²) >= 11 is 0. The molecule has 0 radical (unpaired) electrons. The van der Waals surface area contributed by atoms with Gasteiger partial charge in [-0.25, -0.2) is 0 Å². The van der Waals surface area contributed by atoms with Gasteiger partial charge in [-0.15, -0.1) is 0 Å². The van der Waals surface area contributed by atoms with E-state index in [4.69, 9.17) is 9.47 Å². The number of halogens is 6. The number of methoxy groups -OCH3 is 1. The molecule has 5 heterocycles. The number of nitrogens with zero attached hydrogens (tertiary/aromatic N) is 10. The second kappa shape index (κ2) is 38.1.